The maximum absolute atomic E-state index is 13.1. The van der Waals surface area contributed by atoms with Crippen molar-refractivity contribution in [3.05, 3.63) is 23.8 Å². The van der Waals surface area contributed by atoms with Gasteiger partial charge >= 0.3 is 0 Å². The number of amides is 1. The minimum atomic E-state index is -0.637. The summed E-state index contributed by atoms with van der Waals surface area (Å²) in [6, 6.07) is 8.46. The summed E-state index contributed by atoms with van der Waals surface area (Å²) in [6.07, 6.45) is 6.77. The van der Waals surface area contributed by atoms with Gasteiger partial charge in [0.05, 0.1) is 26.8 Å². The number of nitriles is 1. The number of likely N-dealkylation sites (tertiary alicyclic amines) is 1. The second-order valence-corrected chi connectivity index (χ2v) is 7.89. The number of hydrogen-bond donors (Lipinski definition) is 0. The van der Waals surface area contributed by atoms with Gasteiger partial charge in [-0.15, -0.1) is 0 Å². The van der Waals surface area contributed by atoms with Crippen molar-refractivity contribution < 1.29 is 14.3 Å². The molecule has 0 bridgehead atoms. The first-order valence-corrected chi connectivity index (χ1v) is 10.2. The van der Waals surface area contributed by atoms with Crippen molar-refractivity contribution in [2.75, 3.05) is 34.4 Å². The van der Waals surface area contributed by atoms with Crippen LogP contribution in [0.2, 0.25) is 0 Å². The summed E-state index contributed by atoms with van der Waals surface area (Å²) in [4.78, 5) is 17.0. The summed E-state index contributed by atoms with van der Waals surface area (Å²) in [6.45, 7) is 1.21. The lowest BCUT2D eigenvalue weighted by atomic mass is 9.81. The van der Waals surface area contributed by atoms with Crippen molar-refractivity contribution in [1.82, 2.24) is 9.80 Å². The highest BCUT2D eigenvalue weighted by atomic mass is 16.5. The molecule has 1 aliphatic carbocycles. The van der Waals surface area contributed by atoms with Crippen LogP contribution in [0.3, 0.4) is 0 Å². The number of likely N-dealkylation sites (N-methyl/N-ethyl adjacent to an activating group) is 1. The van der Waals surface area contributed by atoms with Gasteiger partial charge in [-0.2, -0.15) is 5.26 Å². The van der Waals surface area contributed by atoms with E-state index in [2.05, 4.69) is 11.0 Å². The van der Waals surface area contributed by atoms with Crippen LogP contribution in [0.1, 0.15) is 56.6 Å². The summed E-state index contributed by atoms with van der Waals surface area (Å²) >= 11 is 0. The van der Waals surface area contributed by atoms with Gasteiger partial charge in [-0.25, -0.2) is 0 Å². The molecule has 0 N–H and O–H groups in total. The lowest BCUT2D eigenvalue weighted by Crippen LogP contribution is -2.52. The van der Waals surface area contributed by atoms with Gasteiger partial charge in [0.25, 0.3) is 0 Å². The minimum Gasteiger partial charge on any atom is -0.497 e. The van der Waals surface area contributed by atoms with Crippen LogP contribution in [0.25, 0.3) is 0 Å². The molecule has 3 rings (SSSR count). The predicted molar refractivity (Wildman–Crippen MR) is 107 cm³/mol. The molecule has 152 valence electrons. The minimum absolute atomic E-state index is 0.0304. The molecule has 1 aromatic carbocycles. The summed E-state index contributed by atoms with van der Waals surface area (Å²) in [5, 5.41) is 9.78. The van der Waals surface area contributed by atoms with E-state index < -0.39 is 5.54 Å². The van der Waals surface area contributed by atoms with E-state index in [1.165, 1.54) is 0 Å². The quantitative estimate of drug-likeness (QED) is 0.749. The van der Waals surface area contributed by atoms with E-state index >= 15 is 0 Å². The van der Waals surface area contributed by atoms with Gasteiger partial charge in [0.2, 0.25) is 5.91 Å². The van der Waals surface area contributed by atoms with E-state index in [1.54, 1.807) is 26.2 Å². The Morgan fingerprint density at radius 1 is 1.25 bits per heavy atom. The van der Waals surface area contributed by atoms with Crippen LogP contribution in [-0.2, 0) is 4.79 Å². The van der Waals surface area contributed by atoms with Crippen LogP contribution in [0.4, 0.5) is 0 Å². The van der Waals surface area contributed by atoms with Gasteiger partial charge in [0.1, 0.15) is 17.0 Å². The van der Waals surface area contributed by atoms with Crippen LogP contribution in [-0.4, -0.2) is 55.6 Å². The van der Waals surface area contributed by atoms with Crippen LogP contribution >= 0.6 is 0 Å². The average molecular weight is 386 g/mol. The lowest BCUT2D eigenvalue weighted by Gasteiger charge is -2.40. The summed E-state index contributed by atoms with van der Waals surface area (Å²) in [5.41, 5.74) is 0.450. The summed E-state index contributed by atoms with van der Waals surface area (Å²) < 4.78 is 10.9. The van der Waals surface area contributed by atoms with Crippen LogP contribution < -0.4 is 9.47 Å². The number of ether oxygens (including phenoxy) is 2. The Morgan fingerprint density at radius 3 is 2.64 bits per heavy atom. The van der Waals surface area contributed by atoms with Crippen LogP contribution in [0.15, 0.2) is 18.2 Å². The first kappa shape index (κ1) is 20.5. The Labute approximate surface area is 168 Å². The first-order valence-electron chi connectivity index (χ1n) is 10.2. The third kappa shape index (κ3) is 3.95. The zero-order valence-electron chi connectivity index (χ0n) is 17.2. The van der Waals surface area contributed by atoms with E-state index in [4.69, 9.17) is 9.47 Å². The van der Waals surface area contributed by atoms with Crippen molar-refractivity contribution in [1.29, 1.82) is 5.26 Å². The van der Waals surface area contributed by atoms with E-state index in [9.17, 15) is 10.1 Å². The van der Waals surface area contributed by atoms with Crippen molar-refractivity contribution in [2.24, 2.45) is 0 Å². The monoisotopic (exact) mass is 385 g/mol. The second kappa shape index (κ2) is 8.83. The fraction of sp³-hybridized carbons (Fsp3) is 0.636. The maximum Gasteiger partial charge on any atom is 0.237 e. The fourth-order valence-corrected chi connectivity index (χ4v) is 4.64. The molecular formula is C22H31N3O3. The Morgan fingerprint density at radius 2 is 2.00 bits per heavy atom. The molecule has 2 aliphatic rings. The van der Waals surface area contributed by atoms with E-state index in [-0.39, 0.29) is 11.9 Å². The summed E-state index contributed by atoms with van der Waals surface area (Å²) in [7, 11) is 5.10. The first-order chi connectivity index (χ1) is 13.5. The largest absolute Gasteiger partial charge is 0.497 e. The highest BCUT2D eigenvalue weighted by molar-refractivity contribution is 5.79. The number of benzene rings is 1. The Balaban J connectivity index is 1.75. The van der Waals surface area contributed by atoms with E-state index in [1.807, 2.05) is 18.2 Å². The van der Waals surface area contributed by atoms with Gasteiger partial charge in [-0.1, -0.05) is 25.3 Å². The van der Waals surface area contributed by atoms with Gasteiger partial charge in [-0.3, -0.25) is 9.69 Å². The smallest absolute Gasteiger partial charge is 0.237 e. The van der Waals surface area contributed by atoms with Crippen molar-refractivity contribution in [2.45, 2.75) is 56.5 Å². The molecule has 28 heavy (non-hydrogen) atoms. The van der Waals surface area contributed by atoms with Gasteiger partial charge in [0.15, 0.2) is 0 Å². The Kier molecular flexibility index (Phi) is 6.46. The molecule has 0 unspecified atom stereocenters. The molecule has 1 atom stereocenters. The van der Waals surface area contributed by atoms with E-state index in [0.29, 0.717) is 6.54 Å². The standard InChI is InChI=1S/C22H31N3O3/c1-24(22(16-23)11-5-4-6-12-22)21(26)15-25-13-7-8-19(25)18-10-9-17(27-2)14-20(18)28-3/h9-10,14,19H,4-8,11-13,15H2,1-3H3/t19-/m0/s1. The van der Waals surface area contributed by atoms with Gasteiger partial charge < -0.3 is 14.4 Å². The Hall–Kier alpha value is -2.26. The summed E-state index contributed by atoms with van der Waals surface area (Å²) in [5.74, 6) is 1.58. The predicted octanol–water partition coefficient (Wildman–Crippen LogP) is 3.53. The fourth-order valence-electron chi connectivity index (χ4n) is 4.64. The zero-order chi connectivity index (χ0) is 20.1. The molecule has 1 amide bonds. The third-order valence-corrected chi connectivity index (χ3v) is 6.41. The molecule has 0 radical (unpaired) electrons. The van der Waals surface area contributed by atoms with Crippen LogP contribution in [0.5, 0.6) is 11.5 Å². The SMILES string of the molecule is COc1ccc([C@@H]2CCCN2CC(=O)N(C)C2(C#N)CCCCC2)c(OC)c1. The molecule has 0 aromatic heterocycles. The number of carbonyl (C=O) groups is 1. The van der Waals surface area contributed by atoms with Crippen LogP contribution in [0, 0.1) is 11.3 Å². The highest BCUT2D eigenvalue weighted by Crippen LogP contribution is 2.39. The molecule has 1 aromatic rings. The highest BCUT2D eigenvalue weighted by Gasteiger charge is 2.40. The van der Waals surface area contributed by atoms with Crippen molar-refractivity contribution in [3.8, 4) is 17.6 Å². The molecule has 6 heteroatoms. The Bertz CT molecular complexity index is 737. The van der Waals surface area contributed by atoms with Gasteiger partial charge in [-0.05, 0) is 38.3 Å². The van der Waals surface area contributed by atoms with Crippen molar-refractivity contribution >= 4 is 5.91 Å². The molecule has 1 aliphatic heterocycles. The molecule has 1 saturated heterocycles. The number of carbonyl (C=O) groups excluding carboxylic acids is 1. The topological polar surface area (TPSA) is 65.8 Å². The molecule has 1 saturated carbocycles. The lowest BCUT2D eigenvalue weighted by molar-refractivity contribution is -0.136. The number of rotatable bonds is 6. The number of methoxy groups -OCH3 is 2. The average Bonchev–Trinajstić information content (AvgIpc) is 3.20. The molecule has 6 nitrogen and oxygen atoms in total. The third-order valence-electron chi connectivity index (χ3n) is 6.41. The zero-order valence-corrected chi connectivity index (χ0v) is 17.2. The van der Waals surface area contributed by atoms with E-state index in [0.717, 1.165) is 68.6 Å². The maximum atomic E-state index is 13.1. The molecule has 1 heterocycles. The number of hydrogen-bond acceptors (Lipinski definition) is 5. The normalized spacial score (nSPS) is 21.7. The second-order valence-electron chi connectivity index (χ2n) is 7.89. The number of nitrogens with zero attached hydrogens (tertiary/aromatic N) is 3. The molecule has 0 spiro atoms. The van der Waals surface area contributed by atoms with Crippen molar-refractivity contribution in [3.63, 3.8) is 0 Å². The van der Waals surface area contributed by atoms with Gasteiger partial charge in [0, 0.05) is 24.7 Å². The molecule has 2 fully saturated rings. The molecular weight excluding hydrogens is 354 g/mol.